The first-order valence-corrected chi connectivity index (χ1v) is 7.51. The summed E-state index contributed by atoms with van der Waals surface area (Å²) in [5.74, 6) is -0.234. The standard InChI is InChI=1S/C18H22O4/c1-3-13(11-5-7-15(19)17(21)9-11)14(4-2)12-6-8-16(20)18(22)10-12/h5-10,13-14,19-22H,3-4H2,1-2H3. The molecule has 0 fully saturated rings. The first kappa shape index (κ1) is 16.0. The molecule has 2 atom stereocenters. The SMILES string of the molecule is CCC(c1ccc(O)c(O)c1)C(CC)c1ccc(O)c(O)c1. The topological polar surface area (TPSA) is 80.9 Å². The molecule has 0 radical (unpaired) electrons. The van der Waals surface area contributed by atoms with E-state index >= 15 is 0 Å². The molecule has 2 aromatic rings. The highest BCUT2D eigenvalue weighted by Gasteiger charge is 2.23. The van der Waals surface area contributed by atoms with E-state index in [-0.39, 0.29) is 34.8 Å². The minimum Gasteiger partial charge on any atom is -0.504 e. The zero-order valence-corrected chi connectivity index (χ0v) is 12.8. The molecular formula is C18H22O4. The number of phenolic OH excluding ortho intramolecular Hbond substituents is 4. The Morgan fingerprint density at radius 1 is 0.636 bits per heavy atom. The zero-order chi connectivity index (χ0) is 16.3. The minimum atomic E-state index is -0.131. The van der Waals surface area contributed by atoms with Gasteiger partial charge in [-0.05, 0) is 60.1 Å². The third-order valence-corrected chi connectivity index (χ3v) is 4.22. The summed E-state index contributed by atoms with van der Waals surface area (Å²) in [6.07, 6.45) is 1.70. The van der Waals surface area contributed by atoms with Crippen molar-refractivity contribution in [3.8, 4) is 23.0 Å². The van der Waals surface area contributed by atoms with Gasteiger partial charge in [0.05, 0.1) is 0 Å². The van der Waals surface area contributed by atoms with E-state index in [2.05, 4.69) is 13.8 Å². The Bertz CT molecular complexity index is 594. The van der Waals surface area contributed by atoms with Crippen LogP contribution in [-0.4, -0.2) is 20.4 Å². The molecule has 0 saturated heterocycles. The minimum absolute atomic E-state index is 0.126. The fourth-order valence-corrected chi connectivity index (χ4v) is 3.05. The Kier molecular flexibility index (Phi) is 4.81. The van der Waals surface area contributed by atoms with Crippen LogP contribution in [0.1, 0.15) is 49.7 Å². The quantitative estimate of drug-likeness (QED) is 0.624. The number of benzene rings is 2. The molecule has 0 bridgehead atoms. The van der Waals surface area contributed by atoms with E-state index in [1.165, 1.54) is 12.1 Å². The van der Waals surface area contributed by atoms with Crippen LogP contribution in [0.2, 0.25) is 0 Å². The van der Waals surface area contributed by atoms with Gasteiger partial charge in [-0.3, -0.25) is 0 Å². The molecule has 0 aliphatic rings. The predicted molar refractivity (Wildman–Crippen MR) is 85.6 cm³/mol. The Morgan fingerprint density at radius 3 is 1.27 bits per heavy atom. The highest BCUT2D eigenvalue weighted by molar-refractivity contribution is 5.45. The molecule has 22 heavy (non-hydrogen) atoms. The Labute approximate surface area is 130 Å². The largest absolute Gasteiger partial charge is 0.504 e. The van der Waals surface area contributed by atoms with Gasteiger partial charge in [-0.1, -0.05) is 26.0 Å². The smallest absolute Gasteiger partial charge is 0.157 e. The summed E-state index contributed by atoms with van der Waals surface area (Å²) in [6.45, 7) is 4.13. The van der Waals surface area contributed by atoms with Gasteiger partial charge in [0, 0.05) is 0 Å². The number of phenols is 4. The fourth-order valence-electron chi connectivity index (χ4n) is 3.05. The molecule has 0 aromatic heterocycles. The van der Waals surface area contributed by atoms with Crippen LogP contribution in [0.15, 0.2) is 36.4 Å². The lowest BCUT2D eigenvalue weighted by atomic mass is 9.78. The van der Waals surface area contributed by atoms with Crippen LogP contribution in [0.25, 0.3) is 0 Å². The van der Waals surface area contributed by atoms with Gasteiger partial charge >= 0.3 is 0 Å². The lowest BCUT2D eigenvalue weighted by Crippen LogP contribution is -2.10. The monoisotopic (exact) mass is 302 g/mol. The first-order valence-electron chi connectivity index (χ1n) is 7.51. The van der Waals surface area contributed by atoms with Crippen molar-refractivity contribution in [1.82, 2.24) is 0 Å². The van der Waals surface area contributed by atoms with E-state index in [0.717, 1.165) is 24.0 Å². The van der Waals surface area contributed by atoms with Crippen molar-refractivity contribution in [1.29, 1.82) is 0 Å². The molecule has 118 valence electrons. The average molecular weight is 302 g/mol. The van der Waals surface area contributed by atoms with Gasteiger partial charge < -0.3 is 20.4 Å². The number of hydrogen-bond acceptors (Lipinski definition) is 4. The van der Waals surface area contributed by atoms with E-state index in [1.807, 2.05) is 12.1 Å². The molecule has 0 amide bonds. The lowest BCUT2D eigenvalue weighted by molar-refractivity contribution is 0.399. The number of aromatic hydroxyl groups is 4. The maximum Gasteiger partial charge on any atom is 0.157 e. The molecule has 0 heterocycles. The molecule has 0 aliphatic heterocycles. The Hall–Kier alpha value is -2.36. The van der Waals surface area contributed by atoms with E-state index in [1.54, 1.807) is 12.1 Å². The van der Waals surface area contributed by atoms with Crippen LogP contribution >= 0.6 is 0 Å². The summed E-state index contributed by atoms with van der Waals surface area (Å²) in [7, 11) is 0. The van der Waals surface area contributed by atoms with Crippen molar-refractivity contribution in [2.45, 2.75) is 38.5 Å². The lowest BCUT2D eigenvalue weighted by Gasteiger charge is -2.26. The van der Waals surface area contributed by atoms with Gasteiger partial charge in [-0.25, -0.2) is 0 Å². The van der Waals surface area contributed by atoms with Crippen molar-refractivity contribution in [3.05, 3.63) is 47.5 Å². The summed E-state index contributed by atoms with van der Waals surface area (Å²) >= 11 is 0. The van der Waals surface area contributed by atoms with Crippen molar-refractivity contribution in [2.75, 3.05) is 0 Å². The van der Waals surface area contributed by atoms with Crippen molar-refractivity contribution in [3.63, 3.8) is 0 Å². The van der Waals surface area contributed by atoms with Crippen LogP contribution in [-0.2, 0) is 0 Å². The summed E-state index contributed by atoms with van der Waals surface area (Å²) < 4.78 is 0. The highest BCUT2D eigenvalue weighted by Crippen LogP contribution is 2.42. The van der Waals surface area contributed by atoms with E-state index in [9.17, 15) is 20.4 Å². The zero-order valence-electron chi connectivity index (χ0n) is 12.8. The second kappa shape index (κ2) is 6.60. The summed E-state index contributed by atoms with van der Waals surface area (Å²) in [6, 6.07) is 9.79. The maximum absolute atomic E-state index is 9.73. The first-order chi connectivity index (χ1) is 10.5. The fraction of sp³-hybridized carbons (Fsp3) is 0.333. The second-order valence-electron chi connectivity index (χ2n) is 5.53. The Morgan fingerprint density at radius 2 is 1.00 bits per heavy atom. The van der Waals surface area contributed by atoms with E-state index in [4.69, 9.17) is 0 Å². The van der Waals surface area contributed by atoms with Crippen molar-refractivity contribution >= 4 is 0 Å². The van der Waals surface area contributed by atoms with Crippen LogP contribution in [0.3, 0.4) is 0 Å². The molecule has 4 heteroatoms. The van der Waals surface area contributed by atoms with Crippen LogP contribution < -0.4 is 0 Å². The summed E-state index contributed by atoms with van der Waals surface area (Å²) in [5, 5.41) is 38.4. The molecular weight excluding hydrogens is 280 g/mol. The highest BCUT2D eigenvalue weighted by atomic mass is 16.3. The number of rotatable bonds is 5. The molecule has 0 saturated carbocycles. The van der Waals surface area contributed by atoms with Gasteiger partial charge in [0.25, 0.3) is 0 Å². The third-order valence-electron chi connectivity index (χ3n) is 4.22. The van der Waals surface area contributed by atoms with Crippen molar-refractivity contribution in [2.24, 2.45) is 0 Å². The third kappa shape index (κ3) is 3.11. The number of hydrogen-bond donors (Lipinski definition) is 4. The van der Waals surface area contributed by atoms with Gasteiger partial charge in [-0.2, -0.15) is 0 Å². The van der Waals surface area contributed by atoms with Crippen LogP contribution in [0.5, 0.6) is 23.0 Å². The molecule has 0 aliphatic carbocycles. The normalized spacial score (nSPS) is 13.7. The maximum atomic E-state index is 9.73. The van der Waals surface area contributed by atoms with Crippen LogP contribution in [0, 0.1) is 0 Å². The van der Waals surface area contributed by atoms with Crippen LogP contribution in [0.4, 0.5) is 0 Å². The molecule has 4 N–H and O–H groups in total. The average Bonchev–Trinajstić information content (AvgIpc) is 2.50. The summed E-state index contributed by atoms with van der Waals surface area (Å²) in [5.41, 5.74) is 1.88. The van der Waals surface area contributed by atoms with Crippen molar-refractivity contribution < 1.29 is 20.4 Å². The van der Waals surface area contributed by atoms with E-state index in [0.29, 0.717) is 0 Å². The van der Waals surface area contributed by atoms with Gasteiger partial charge in [0.2, 0.25) is 0 Å². The molecule has 0 spiro atoms. The predicted octanol–water partition coefficient (Wildman–Crippen LogP) is 4.20. The molecule has 4 nitrogen and oxygen atoms in total. The molecule has 2 aromatic carbocycles. The van der Waals surface area contributed by atoms with E-state index < -0.39 is 0 Å². The summed E-state index contributed by atoms with van der Waals surface area (Å²) in [4.78, 5) is 0. The van der Waals surface area contributed by atoms with Gasteiger partial charge in [0.1, 0.15) is 0 Å². The molecule has 2 unspecified atom stereocenters. The second-order valence-corrected chi connectivity index (χ2v) is 5.53. The van der Waals surface area contributed by atoms with Gasteiger partial charge in [-0.15, -0.1) is 0 Å². The molecule has 2 rings (SSSR count). The van der Waals surface area contributed by atoms with Gasteiger partial charge in [0.15, 0.2) is 23.0 Å². The Balaban J connectivity index is 2.41.